The number of nitrogens with zero attached hydrogens (tertiary/aromatic N) is 1. The molecule has 4 nitrogen and oxygen atoms in total. The number of rotatable bonds is 2. The van der Waals surface area contributed by atoms with Crippen molar-refractivity contribution in [3.63, 3.8) is 0 Å². The van der Waals surface area contributed by atoms with Crippen LogP contribution in [0.15, 0.2) is 18.2 Å². The van der Waals surface area contributed by atoms with E-state index in [-0.39, 0.29) is 11.5 Å². The molecule has 0 aromatic heterocycles. The molecule has 5 heteroatoms. The minimum Gasteiger partial charge on any atom is -0.480 e. The second-order valence-electron chi connectivity index (χ2n) is 5.06. The summed E-state index contributed by atoms with van der Waals surface area (Å²) in [6.07, 6.45) is 0.650. The number of benzene rings is 1. The number of amides is 1. The van der Waals surface area contributed by atoms with Crippen molar-refractivity contribution in [2.24, 2.45) is 5.92 Å². The second-order valence-corrected chi connectivity index (χ2v) is 5.06. The normalized spacial score (nSPS) is 22.6. The zero-order valence-corrected chi connectivity index (χ0v) is 10.9. The summed E-state index contributed by atoms with van der Waals surface area (Å²) in [6.45, 7) is 3.90. The maximum Gasteiger partial charge on any atom is 0.326 e. The first-order valence-electron chi connectivity index (χ1n) is 6.21. The van der Waals surface area contributed by atoms with E-state index in [1.165, 1.54) is 11.0 Å². The molecule has 1 fully saturated rings. The Morgan fingerprint density at radius 3 is 2.63 bits per heavy atom. The first-order valence-corrected chi connectivity index (χ1v) is 6.21. The number of aliphatic carboxylic acids is 1. The number of carboxylic acids is 1. The summed E-state index contributed by atoms with van der Waals surface area (Å²) in [7, 11) is 0. The fourth-order valence-corrected chi connectivity index (χ4v) is 2.58. The molecule has 1 aromatic carbocycles. The first-order chi connectivity index (χ1) is 8.90. The lowest BCUT2D eigenvalue weighted by Gasteiger charge is -2.23. The van der Waals surface area contributed by atoms with Crippen molar-refractivity contribution in [3.8, 4) is 0 Å². The number of aryl methyl sites for hydroxylation is 1. The Morgan fingerprint density at radius 2 is 2.05 bits per heavy atom. The number of hydrogen-bond donors (Lipinski definition) is 1. The zero-order chi connectivity index (χ0) is 14.2. The van der Waals surface area contributed by atoms with E-state index in [4.69, 9.17) is 0 Å². The van der Waals surface area contributed by atoms with Crippen LogP contribution < -0.4 is 0 Å². The highest BCUT2D eigenvalue weighted by molar-refractivity contribution is 5.97. The molecular formula is C14H16FNO3. The van der Waals surface area contributed by atoms with Crippen LogP contribution in [0.25, 0.3) is 0 Å². The Kier molecular flexibility index (Phi) is 3.55. The van der Waals surface area contributed by atoms with E-state index in [2.05, 4.69) is 0 Å². The summed E-state index contributed by atoms with van der Waals surface area (Å²) in [4.78, 5) is 24.9. The van der Waals surface area contributed by atoms with Crippen molar-refractivity contribution in [1.82, 2.24) is 4.90 Å². The third-order valence-corrected chi connectivity index (χ3v) is 3.50. The van der Waals surface area contributed by atoms with Crippen molar-refractivity contribution in [1.29, 1.82) is 0 Å². The minimum absolute atomic E-state index is 0.0869. The smallest absolute Gasteiger partial charge is 0.326 e. The van der Waals surface area contributed by atoms with Gasteiger partial charge in [0.15, 0.2) is 0 Å². The number of likely N-dealkylation sites (tertiary alicyclic amines) is 1. The number of carbonyl (C=O) groups excluding carboxylic acids is 1. The van der Waals surface area contributed by atoms with Crippen LogP contribution in [0, 0.1) is 18.7 Å². The van der Waals surface area contributed by atoms with Crippen LogP contribution in [-0.2, 0) is 4.79 Å². The molecule has 0 spiro atoms. The highest BCUT2D eigenvalue weighted by Gasteiger charge is 2.39. The van der Waals surface area contributed by atoms with Crippen LogP contribution >= 0.6 is 0 Å². The van der Waals surface area contributed by atoms with Crippen molar-refractivity contribution in [2.75, 3.05) is 6.54 Å². The Hall–Kier alpha value is -1.91. The van der Waals surface area contributed by atoms with Crippen molar-refractivity contribution in [2.45, 2.75) is 26.3 Å². The quantitative estimate of drug-likeness (QED) is 0.890. The third-order valence-electron chi connectivity index (χ3n) is 3.50. The lowest BCUT2D eigenvalue weighted by Crippen LogP contribution is -2.42. The molecule has 1 aliphatic rings. The maximum atomic E-state index is 13.3. The van der Waals surface area contributed by atoms with Crippen LogP contribution in [0.5, 0.6) is 0 Å². The zero-order valence-electron chi connectivity index (χ0n) is 10.9. The molecule has 0 radical (unpaired) electrons. The monoisotopic (exact) mass is 265 g/mol. The van der Waals surface area contributed by atoms with Gasteiger partial charge in [0.1, 0.15) is 11.9 Å². The summed E-state index contributed by atoms with van der Waals surface area (Å²) < 4.78 is 13.3. The van der Waals surface area contributed by atoms with Gasteiger partial charge in [-0.1, -0.05) is 6.92 Å². The standard InChI is InChI=1S/C14H16FNO3/c1-8-5-10(7-11(15)6-8)13(17)16-4-3-9(2)12(16)14(18)19/h5-7,9,12H,3-4H2,1-2H3,(H,18,19). The van der Waals surface area contributed by atoms with Gasteiger partial charge in [0.2, 0.25) is 0 Å². The van der Waals surface area contributed by atoms with E-state index in [1.807, 2.05) is 6.92 Å². The fourth-order valence-electron chi connectivity index (χ4n) is 2.58. The Bertz CT molecular complexity index is 509. The molecule has 1 amide bonds. The van der Waals surface area contributed by atoms with Gasteiger partial charge in [-0.2, -0.15) is 0 Å². The molecule has 2 atom stereocenters. The maximum absolute atomic E-state index is 13.3. The minimum atomic E-state index is -1.01. The van der Waals surface area contributed by atoms with Gasteiger partial charge in [-0.15, -0.1) is 0 Å². The van der Waals surface area contributed by atoms with Gasteiger partial charge in [0.05, 0.1) is 0 Å². The van der Waals surface area contributed by atoms with Gasteiger partial charge in [0.25, 0.3) is 5.91 Å². The average molecular weight is 265 g/mol. The molecule has 1 aliphatic heterocycles. The molecule has 1 aromatic rings. The molecule has 102 valence electrons. The Morgan fingerprint density at radius 1 is 1.37 bits per heavy atom. The lowest BCUT2D eigenvalue weighted by molar-refractivity contribution is -0.142. The largest absolute Gasteiger partial charge is 0.480 e. The summed E-state index contributed by atoms with van der Waals surface area (Å²) in [5.74, 6) is -2.00. The Labute approximate surface area is 110 Å². The molecule has 0 saturated carbocycles. The SMILES string of the molecule is Cc1cc(F)cc(C(=O)N2CCC(C)C2C(=O)O)c1. The number of carboxylic acid groups (broad SMARTS) is 1. The van der Waals surface area contributed by atoms with E-state index in [0.29, 0.717) is 18.5 Å². The molecule has 19 heavy (non-hydrogen) atoms. The number of hydrogen-bond acceptors (Lipinski definition) is 2. The lowest BCUT2D eigenvalue weighted by atomic mass is 10.0. The average Bonchev–Trinajstić information content (AvgIpc) is 2.68. The summed E-state index contributed by atoms with van der Waals surface area (Å²) in [5, 5.41) is 9.19. The van der Waals surface area contributed by atoms with Crippen LogP contribution in [0.2, 0.25) is 0 Å². The number of carbonyl (C=O) groups is 2. The molecule has 2 unspecified atom stereocenters. The van der Waals surface area contributed by atoms with E-state index in [9.17, 15) is 19.1 Å². The summed E-state index contributed by atoms with van der Waals surface area (Å²) in [6, 6.07) is 3.24. The van der Waals surface area contributed by atoms with Gasteiger partial charge < -0.3 is 10.0 Å². The van der Waals surface area contributed by atoms with E-state index in [0.717, 1.165) is 6.07 Å². The molecule has 1 saturated heterocycles. The van der Waals surface area contributed by atoms with Gasteiger partial charge in [-0.3, -0.25) is 4.79 Å². The van der Waals surface area contributed by atoms with Gasteiger partial charge >= 0.3 is 5.97 Å². The van der Waals surface area contributed by atoms with Crippen LogP contribution in [0.4, 0.5) is 4.39 Å². The first kappa shape index (κ1) is 13.5. The van der Waals surface area contributed by atoms with E-state index >= 15 is 0 Å². The van der Waals surface area contributed by atoms with Crippen molar-refractivity contribution < 1.29 is 19.1 Å². The predicted molar refractivity (Wildman–Crippen MR) is 67.4 cm³/mol. The van der Waals surface area contributed by atoms with E-state index < -0.39 is 23.7 Å². The highest BCUT2D eigenvalue weighted by atomic mass is 19.1. The molecule has 1 heterocycles. The fraction of sp³-hybridized carbons (Fsp3) is 0.429. The van der Waals surface area contributed by atoms with Gasteiger partial charge in [-0.25, -0.2) is 9.18 Å². The number of halogens is 1. The molecular weight excluding hydrogens is 249 g/mol. The van der Waals surface area contributed by atoms with Crippen molar-refractivity contribution >= 4 is 11.9 Å². The predicted octanol–water partition coefficient (Wildman–Crippen LogP) is 2.07. The van der Waals surface area contributed by atoms with Crippen LogP contribution in [0.1, 0.15) is 29.3 Å². The van der Waals surface area contributed by atoms with Crippen LogP contribution in [-0.4, -0.2) is 34.5 Å². The molecule has 0 bridgehead atoms. The molecule has 1 N–H and O–H groups in total. The Balaban J connectivity index is 2.31. The van der Waals surface area contributed by atoms with Gasteiger partial charge in [-0.05, 0) is 43.0 Å². The second kappa shape index (κ2) is 4.99. The van der Waals surface area contributed by atoms with Gasteiger partial charge in [0, 0.05) is 12.1 Å². The van der Waals surface area contributed by atoms with Crippen molar-refractivity contribution in [3.05, 3.63) is 35.1 Å². The summed E-state index contributed by atoms with van der Waals surface area (Å²) in [5.41, 5.74) is 0.848. The summed E-state index contributed by atoms with van der Waals surface area (Å²) >= 11 is 0. The van der Waals surface area contributed by atoms with Crippen LogP contribution in [0.3, 0.4) is 0 Å². The topological polar surface area (TPSA) is 57.6 Å². The van der Waals surface area contributed by atoms with E-state index in [1.54, 1.807) is 13.0 Å². The third kappa shape index (κ3) is 2.59. The molecule has 0 aliphatic carbocycles. The highest BCUT2D eigenvalue weighted by Crippen LogP contribution is 2.26. The molecule has 2 rings (SSSR count).